The van der Waals surface area contributed by atoms with E-state index in [1.165, 1.54) is 44.0 Å². The molecule has 10 heteroatoms. The minimum absolute atomic E-state index is 0.0624. The number of hydrogen-bond acceptors (Lipinski definition) is 8. The van der Waals surface area contributed by atoms with Crippen molar-refractivity contribution in [1.82, 2.24) is 19.5 Å². The molecular weight excluding hydrogens is 357 g/mol. The number of hydrogen-bond donors (Lipinski definition) is 2. The normalized spacial score (nSPS) is 25.1. The average Bonchev–Trinajstić information content (AvgIpc) is 3.23. The number of aliphatic hydroxyl groups is 1. The third kappa shape index (κ3) is 3.18. The van der Waals surface area contributed by atoms with Crippen molar-refractivity contribution in [2.24, 2.45) is 0 Å². The van der Waals surface area contributed by atoms with Gasteiger partial charge in [0.1, 0.15) is 48.3 Å². The van der Waals surface area contributed by atoms with Gasteiger partial charge in [-0.1, -0.05) is 0 Å². The van der Waals surface area contributed by atoms with E-state index in [0.717, 1.165) is 0 Å². The first-order valence-electron chi connectivity index (χ1n) is 8.26. The van der Waals surface area contributed by atoms with Gasteiger partial charge in [-0.25, -0.2) is 19.3 Å². The molecule has 1 aromatic carbocycles. The lowest BCUT2D eigenvalue weighted by Crippen LogP contribution is -2.35. The second kappa shape index (κ2) is 7.06. The third-order valence-electron chi connectivity index (χ3n) is 4.47. The molecule has 3 N–H and O–H groups in total. The molecule has 4 rings (SSSR count). The maximum Gasteiger partial charge on any atom is 0.167 e. The Bertz CT molecular complexity index is 935. The molecule has 9 nitrogen and oxygen atoms in total. The minimum Gasteiger partial charge on any atom is -0.491 e. The molecule has 1 saturated heterocycles. The molecule has 0 radical (unpaired) electrons. The predicted molar refractivity (Wildman–Crippen MR) is 92.3 cm³/mol. The van der Waals surface area contributed by atoms with Crippen LogP contribution in [0.2, 0.25) is 0 Å². The lowest BCUT2D eigenvalue weighted by atomic mass is 10.1. The Morgan fingerprint density at radius 1 is 1.26 bits per heavy atom. The number of imidazole rings is 1. The molecule has 0 bridgehead atoms. The fraction of sp³-hybridized carbons (Fsp3) is 0.353. The topological polar surface area (TPSA) is 118 Å². The van der Waals surface area contributed by atoms with Crippen molar-refractivity contribution >= 4 is 17.0 Å². The molecule has 142 valence electrons. The van der Waals surface area contributed by atoms with E-state index in [4.69, 9.17) is 19.9 Å². The van der Waals surface area contributed by atoms with Gasteiger partial charge in [-0.15, -0.1) is 0 Å². The summed E-state index contributed by atoms with van der Waals surface area (Å²) in [5.41, 5.74) is 6.73. The molecule has 0 aliphatic carbocycles. The number of fused-ring (bicyclic) bond motifs is 1. The number of nitrogen functional groups attached to an aromatic ring is 1. The fourth-order valence-corrected chi connectivity index (χ4v) is 3.10. The standard InChI is InChI=1S/C17H18FN5O4/c1-25-14-13(24)11(6-26-10-4-2-9(18)3-5-10)27-17(14)23-8-22-12-15(19)20-7-21-16(12)23/h2-5,7-8,11,13-14,17,24H,6H2,1H3,(H2,19,20,21)/t11-,13-,14-,17-/m1/s1. The molecule has 1 aliphatic heterocycles. The second-order valence-corrected chi connectivity index (χ2v) is 6.10. The van der Waals surface area contributed by atoms with Gasteiger partial charge in [-0.05, 0) is 24.3 Å². The molecule has 3 heterocycles. The Kier molecular flexibility index (Phi) is 4.60. The van der Waals surface area contributed by atoms with Crippen molar-refractivity contribution in [3.05, 3.63) is 42.7 Å². The molecule has 2 aromatic heterocycles. The highest BCUT2D eigenvalue weighted by atomic mass is 19.1. The molecule has 0 unspecified atom stereocenters. The van der Waals surface area contributed by atoms with Gasteiger partial charge in [0, 0.05) is 7.11 Å². The summed E-state index contributed by atoms with van der Waals surface area (Å²) < 4.78 is 31.6. The maximum atomic E-state index is 13.0. The number of anilines is 1. The van der Waals surface area contributed by atoms with Crippen molar-refractivity contribution in [3.8, 4) is 5.75 Å². The highest BCUT2D eigenvalue weighted by Crippen LogP contribution is 2.34. The molecule has 1 aliphatic rings. The Labute approximate surface area is 153 Å². The van der Waals surface area contributed by atoms with Crippen LogP contribution in [0.25, 0.3) is 11.2 Å². The van der Waals surface area contributed by atoms with Crippen LogP contribution in [0.3, 0.4) is 0 Å². The quantitative estimate of drug-likeness (QED) is 0.675. The first-order chi connectivity index (χ1) is 13.1. The Morgan fingerprint density at radius 2 is 2.04 bits per heavy atom. The van der Waals surface area contributed by atoms with Crippen molar-refractivity contribution in [3.63, 3.8) is 0 Å². The number of methoxy groups -OCH3 is 1. The van der Waals surface area contributed by atoms with Gasteiger partial charge < -0.3 is 25.1 Å². The van der Waals surface area contributed by atoms with E-state index in [-0.39, 0.29) is 18.2 Å². The summed E-state index contributed by atoms with van der Waals surface area (Å²) in [6.45, 7) is 0.0624. The van der Waals surface area contributed by atoms with Crippen LogP contribution in [0.15, 0.2) is 36.9 Å². The van der Waals surface area contributed by atoms with E-state index in [0.29, 0.717) is 16.9 Å². The van der Waals surface area contributed by atoms with Gasteiger partial charge in [0.2, 0.25) is 0 Å². The van der Waals surface area contributed by atoms with Crippen LogP contribution in [0.1, 0.15) is 6.23 Å². The zero-order chi connectivity index (χ0) is 19.0. The second-order valence-electron chi connectivity index (χ2n) is 6.10. The largest absolute Gasteiger partial charge is 0.491 e. The Balaban J connectivity index is 1.55. The first-order valence-corrected chi connectivity index (χ1v) is 8.26. The number of aliphatic hydroxyl groups excluding tert-OH is 1. The molecule has 4 atom stereocenters. The summed E-state index contributed by atoms with van der Waals surface area (Å²) in [4.78, 5) is 12.3. The number of halogens is 1. The van der Waals surface area contributed by atoms with Crippen molar-refractivity contribution in [2.45, 2.75) is 24.5 Å². The summed E-state index contributed by atoms with van der Waals surface area (Å²) in [5, 5.41) is 10.6. The molecule has 3 aromatic rings. The minimum atomic E-state index is -0.947. The molecule has 1 fully saturated rings. The van der Waals surface area contributed by atoms with Crippen LogP contribution < -0.4 is 10.5 Å². The lowest BCUT2D eigenvalue weighted by molar-refractivity contribution is -0.0560. The summed E-state index contributed by atoms with van der Waals surface area (Å²) in [6.07, 6.45) is -0.106. The summed E-state index contributed by atoms with van der Waals surface area (Å²) >= 11 is 0. The van der Waals surface area contributed by atoms with Crippen molar-refractivity contribution in [1.29, 1.82) is 0 Å². The van der Waals surface area contributed by atoms with E-state index >= 15 is 0 Å². The van der Waals surface area contributed by atoms with Gasteiger partial charge in [-0.3, -0.25) is 4.57 Å². The van der Waals surface area contributed by atoms with Crippen molar-refractivity contribution < 1.29 is 23.7 Å². The Morgan fingerprint density at radius 3 is 2.78 bits per heavy atom. The number of nitrogens with two attached hydrogens (primary N) is 1. The fourth-order valence-electron chi connectivity index (χ4n) is 3.10. The number of benzene rings is 1. The Hall–Kier alpha value is -2.82. The smallest absolute Gasteiger partial charge is 0.167 e. The van der Waals surface area contributed by atoms with Crippen LogP contribution in [-0.2, 0) is 9.47 Å². The van der Waals surface area contributed by atoms with Crippen LogP contribution in [0.5, 0.6) is 5.75 Å². The lowest BCUT2D eigenvalue weighted by Gasteiger charge is -2.19. The summed E-state index contributed by atoms with van der Waals surface area (Å²) in [6, 6.07) is 5.60. The number of aromatic nitrogens is 4. The van der Waals surface area contributed by atoms with Crippen LogP contribution in [-0.4, -0.2) is 56.7 Å². The summed E-state index contributed by atoms with van der Waals surface area (Å²) in [7, 11) is 1.48. The van der Waals surface area contributed by atoms with E-state index in [9.17, 15) is 9.50 Å². The third-order valence-corrected chi connectivity index (χ3v) is 4.47. The predicted octanol–water partition coefficient (Wildman–Crippen LogP) is 0.900. The number of nitrogens with zero attached hydrogens (tertiary/aromatic N) is 4. The van der Waals surface area contributed by atoms with E-state index in [2.05, 4.69) is 15.0 Å². The zero-order valence-electron chi connectivity index (χ0n) is 14.4. The molecule has 0 amide bonds. The molecule has 0 saturated carbocycles. The van der Waals surface area contributed by atoms with Gasteiger partial charge >= 0.3 is 0 Å². The number of ether oxygens (including phenoxy) is 3. The van der Waals surface area contributed by atoms with Gasteiger partial charge in [0.05, 0.1) is 6.33 Å². The summed E-state index contributed by atoms with van der Waals surface area (Å²) in [5.74, 6) is 0.368. The van der Waals surface area contributed by atoms with Crippen molar-refractivity contribution in [2.75, 3.05) is 19.5 Å². The maximum absolute atomic E-state index is 13.0. The highest BCUT2D eigenvalue weighted by Gasteiger charge is 2.46. The van der Waals surface area contributed by atoms with Gasteiger partial charge in [0.25, 0.3) is 0 Å². The van der Waals surface area contributed by atoms with Crippen LogP contribution >= 0.6 is 0 Å². The van der Waals surface area contributed by atoms with Gasteiger partial charge in [0.15, 0.2) is 17.7 Å². The number of rotatable bonds is 5. The highest BCUT2D eigenvalue weighted by molar-refractivity contribution is 5.81. The molecular formula is C17H18FN5O4. The zero-order valence-corrected chi connectivity index (χ0v) is 14.4. The SMILES string of the molecule is CO[C@@H]1[C@H](O)[C@@H](COc2ccc(F)cc2)O[C@H]1n1cnc2c(N)ncnc21. The van der Waals surface area contributed by atoms with E-state index < -0.39 is 24.5 Å². The first kappa shape index (κ1) is 17.6. The van der Waals surface area contributed by atoms with E-state index in [1.807, 2.05) is 0 Å². The molecule has 0 spiro atoms. The van der Waals surface area contributed by atoms with Crippen LogP contribution in [0, 0.1) is 5.82 Å². The van der Waals surface area contributed by atoms with Gasteiger partial charge in [-0.2, -0.15) is 0 Å². The average molecular weight is 375 g/mol. The monoisotopic (exact) mass is 375 g/mol. The van der Waals surface area contributed by atoms with E-state index in [1.54, 1.807) is 4.57 Å². The van der Waals surface area contributed by atoms with Crippen LogP contribution in [0.4, 0.5) is 10.2 Å². The molecule has 27 heavy (non-hydrogen) atoms.